The number of alkyl halides is 1. The summed E-state index contributed by atoms with van der Waals surface area (Å²) in [6, 6.07) is 0.0686. The number of rotatable bonds is 6. The Morgan fingerprint density at radius 1 is 1.17 bits per heavy atom. The minimum atomic E-state index is -0.554. The Hall–Kier alpha value is -1.50. The van der Waals surface area contributed by atoms with Gasteiger partial charge < -0.3 is 20.3 Å². The fraction of sp³-hybridized carbons (Fsp3) is 0.812. The smallest absolute Gasteiger partial charge is 0.407 e. The van der Waals surface area contributed by atoms with E-state index in [1.54, 1.807) is 25.7 Å². The molecule has 3 amide bonds. The van der Waals surface area contributed by atoms with Crippen molar-refractivity contribution in [3.8, 4) is 0 Å². The molecular weight excluding hydrogens is 334 g/mol. The van der Waals surface area contributed by atoms with Gasteiger partial charge in [0.15, 0.2) is 0 Å². The van der Waals surface area contributed by atoms with Crippen molar-refractivity contribution in [3.63, 3.8) is 0 Å². The van der Waals surface area contributed by atoms with E-state index in [4.69, 9.17) is 16.3 Å². The summed E-state index contributed by atoms with van der Waals surface area (Å²) in [6.07, 6.45) is 1.50. The van der Waals surface area contributed by atoms with Crippen molar-refractivity contribution in [2.75, 3.05) is 25.5 Å². The van der Waals surface area contributed by atoms with Gasteiger partial charge in [0.25, 0.3) is 0 Å². The van der Waals surface area contributed by atoms with Crippen LogP contribution in [0.5, 0.6) is 0 Å². The van der Waals surface area contributed by atoms with Crippen LogP contribution in [0, 0.1) is 0 Å². The van der Waals surface area contributed by atoms with Crippen molar-refractivity contribution in [2.24, 2.45) is 0 Å². The molecule has 1 heterocycles. The van der Waals surface area contributed by atoms with Gasteiger partial charge in [0.2, 0.25) is 11.8 Å². The average molecular weight is 362 g/mol. The van der Waals surface area contributed by atoms with Gasteiger partial charge >= 0.3 is 6.09 Å². The fourth-order valence-corrected chi connectivity index (χ4v) is 2.57. The van der Waals surface area contributed by atoms with Gasteiger partial charge in [0, 0.05) is 44.4 Å². The summed E-state index contributed by atoms with van der Waals surface area (Å²) in [4.78, 5) is 36.9. The van der Waals surface area contributed by atoms with E-state index in [9.17, 15) is 14.4 Å². The number of ether oxygens (including phenoxy) is 1. The maximum atomic E-state index is 11.9. The lowest BCUT2D eigenvalue weighted by molar-refractivity contribution is -0.132. The molecule has 0 aromatic carbocycles. The molecule has 0 aromatic heterocycles. The highest BCUT2D eigenvalue weighted by Gasteiger charge is 2.23. The van der Waals surface area contributed by atoms with E-state index < -0.39 is 11.7 Å². The maximum absolute atomic E-state index is 11.9. The zero-order valence-corrected chi connectivity index (χ0v) is 15.4. The first-order valence-corrected chi connectivity index (χ1v) is 8.84. The Kier molecular flexibility index (Phi) is 8.31. The summed E-state index contributed by atoms with van der Waals surface area (Å²) in [5.74, 6) is 0.285. The Morgan fingerprint density at radius 2 is 1.79 bits per heavy atom. The highest BCUT2D eigenvalue weighted by atomic mass is 35.5. The lowest BCUT2D eigenvalue weighted by atomic mass is 10.0. The number of piperidine rings is 1. The molecule has 0 aliphatic carbocycles. The Labute approximate surface area is 148 Å². The number of halogens is 1. The standard InChI is InChI=1S/C16H28ClN3O4/c1-16(2,3)24-15(23)18-9-5-13(21)19-12-6-10-20(11-7-12)14(22)4-8-17/h12H,4-11H2,1-3H3,(H,18,23)(H,19,21). The fourth-order valence-electron chi connectivity index (χ4n) is 2.40. The van der Waals surface area contributed by atoms with E-state index in [1.807, 2.05) is 0 Å². The van der Waals surface area contributed by atoms with Gasteiger partial charge in [-0.3, -0.25) is 9.59 Å². The van der Waals surface area contributed by atoms with Crippen LogP contribution in [-0.4, -0.2) is 60.0 Å². The van der Waals surface area contributed by atoms with Crippen LogP contribution < -0.4 is 10.6 Å². The molecule has 0 unspecified atom stereocenters. The third kappa shape index (κ3) is 8.38. The number of nitrogens with one attached hydrogen (secondary N) is 2. The molecule has 0 bridgehead atoms. The van der Waals surface area contributed by atoms with Crippen LogP contribution in [0.2, 0.25) is 0 Å². The van der Waals surface area contributed by atoms with Crippen molar-refractivity contribution in [2.45, 2.75) is 58.1 Å². The number of amides is 3. The van der Waals surface area contributed by atoms with E-state index in [0.717, 1.165) is 12.8 Å². The van der Waals surface area contributed by atoms with Crippen molar-refractivity contribution >= 4 is 29.5 Å². The predicted octanol–water partition coefficient (Wildman–Crippen LogP) is 1.64. The molecule has 1 aliphatic heterocycles. The highest BCUT2D eigenvalue weighted by Crippen LogP contribution is 2.12. The first-order chi connectivity index (χ1) is 11.2. The quantitative estimate of drug-likeness (QED) is 0.704. The number of hydrogen-bond donors (Lipinski definition) is 2. The second kappa shape index (κ2) is 9.71. The summed E-state index contributed by atoms with van der Waals surface area (Å²) in [7, 11) is 0. The second-order valence-corrected chi connectivity index (χ2v) is 7.22. The Bertz CT molecular complexity index is 443. The van der Waals surface area contributed by atoms with E-state index in [0.29, 0.717) is 25.4 Å². The SMILES string of the molecule is CC(C)(C)OC(=O)NCCC(=O)NC1CCN(C(=O)CCCl)CC1. The van der Waals surface area contributed by atoms with Crippen LogP contribution in [0.3, 0.4) is 0 Å². The van der Waals surface area contributed by atoms with Gasteiger partial charge in [-0.15, -0.1) is 11.6 Å². The zero-order valence-electron chi connectivity index (χ0n) is 14.7. The lowest BCUT2D eigenvalue weighted by Gasteiger charge is -2.32. The van der Waals surface area contributed by atoms with Gasteiger partial charge in [-0.2, -0.15) is 0 Å². The monoisotopic (exact) mass is 361 g/mol. The summed E-state index contributed by atoms with van der Waals surface area (Å²) < 4.78 is 5.09. The van der Waals surface area contributed by atoms with Crippen LogP contribution in [-0.2, 0) is 14.3 Å². The van der Waals surface area contributed by atoms with Crippen LogP contribution in [0.4, 0.5) is 4.79 Å². The van der Waals surface area contributed by atoms with Gasteiger partial charge in [-0.05, 0) is 33.6 Å². The molecule has 0 aromatic rings. The van der Waals surface area contributed by atoms with Crippen molar-refractivity contribution in [3.05, 3.63) is 0 Å². The van der Waals surface area contributed by atoms with E-state index in [2.05, 4.69) is 10.6 Å². The van der Waals surface area contributed by atoms with E-state index in [1.165, 1.54) is 0 Å². The molecule has 1 aliphatic rings. The van der Waals surface area contributed by atoms with Gasteiger partial charge in [0.05, 0.1) is 0 Å². The molecule has 0 radical (unpaired) electrons. The topological polar surface area (TPSA) is 87.7 Å². The largest absolute Gasteiger partial charge is 0.444 e. The molecule has 2 N–H and O–H groups in total. The van der Waals surface area contributed by atoms with E-state index >= 15 is 0 Å². The van der Waals surface area contributed by atoms with Gasteiger partial charge in [-0.1, -0.05) is 0 Å². The van der Waals surface area contributed by atoms with Crippen LogP contribution in [0.25, 0.3) is 0 Å². The van der Waals surface area contributed by atoms with Crippen molar-refractivity contribution in [1.82, 2.24) is 15.5 Å². The molecule has 8 heteroatoms. The number of carbonyl (C=O) groups is 3. The molecule has 1 rings (SSSR count). The molecule has 7 nitrogen and oxygen atoms in total. The number of alkyl carbamates (subject to hydrolysis) is 1. The van der Waals surface area contributed by atoms with Crippen LogP contribution in [0.1, 0.15) is 46.5 Å². The second-order valence-electron chi connectivity index (χ2n) is 6.84. The van der Waals surface area contributed by atoms with Crippen molar-refractivity contribution < 1.29 is 19.1 Å². The summed E-state index contributed by atoms with van der Waals surface area (Å²) in [5.41, 5.74) is -0.554. The molecular formula is C16H28ClN3O4. The first kappa shape index (κ1) is 20.5. The zero-order chi connectivity index (χ0) is 18.2. The van der Waals surface area contributed by atoms with Crippen molar-refractivity contribution in [1.29, 1.82) is 0 Å². The maximum Gasteiger partial charge on any atom is 0.407 e. The number of hydrogen-bond acceptors (Lipinski definition) is 4. The number of likely N-dealkylation sites (tertiary alicyclic amines) is 1. The molecule has 24 heavy (non-hydrogen) atoms. The average Bonchev–Trinajstić information content (AvgIpc) is 2.46. The van der Waals surface area contributed by atoms with Gasteiger partial charge in [0.1, 0.15) is 5.60 Å². The molecule has 138 valence electrons. The third-order valence-corrected chi connectivity index (χ3v) is 3.73. The van der Waals surface area contributed by atoms with E-state index in [-0.39, 0.29) is 30.8 Å². The molecule has 1 saturated heterocycles. The number of carbonyl (C=O) groups excluding carboxylic acids is 3. The summed E-state index contributed by atoms with van der Waals surface area (Å²) >= 11 is 5.58. The summed E-state index contributed by atoms with van der Waals surface area (Å²) in [6.45, 7) is 6.85. The van der Waals surface area contributed by atoms with Gasteiger partial charge in [-0.25, -0.2) is 4.79 Å². The minimum absolute atomic E-state index is 0.0661. The predicted molar refractivity (Wildman–Crippen MR) is 91.9 cm³/mol. The van der Waals surface area contributed by atoms with Crippen LogP contribution in [0.15, 0.2) is 0 Å². The highest BCUT2D eigenvalue weighted by molar-refractivity contribution is 6.18. The Balaban J connectivity index is 2.18. The summed E-state index contributed by atoms with van der Waals surface area (Å²) in [5, 5.41) is 5.49. The first-order valence-electron chi connectivity index (χ1n) is 8.31. The number of nitrogens with zero attached hydrogens (tertiary/aromatic N) is 1. The lowest BCUT2D eigenvalue weighted by Crippen LogP contribution is -2.47. The molecule has 1 fully saturated rings. The molecule has 0 saturated carbocycles. The third-order valence-electron chi connectivity index (χ3n) is 3.54. The minimum Gasteiger partial charge on any atom is -0.444 e. The Morgan fingerprint density at radius 3 is 2.33 bits per heavy atom. The van der Waals surface area contributed by atoms with Crippen LogP contribution >= 0.6 is 11.6 Å². The molecule has 0 atom stereocenters. The normalized spacial score (nSPS) is 15.8. The molecule has 0 spiro atoms.